The molecule has 1 saturated heterocycles. The van der Waals surface area contributed by atoms with Crippen LogP contribution < -0.4 is 10.6 Å². The highest BCUT2D eigenvalue weighted by molar-refractivity contribution is 5.95. The average Bonchev–Trinajstić information content (AvgIpc) is 3.35. The third-order valence-electron chi connectivity index (χ3n) is 6.44. The molecule has 2 fully saturated rings. The Morgan fingerprint density at radius 2 is 2.03 bits per heavy atom. The molecule has 176 valence electrons. The predicted molar refractivity (Wildman–Crippen MR) is 123 cm³/mol. The number of carbonyl (C=O) groups is 1. The van der Waals surface area contributed by atoms with E-state index >= 15 is 0 Å². The Bertz CT molecular complexity index is 1160. The molecule has 0 radical (unpaired) electrons. The Morgan fingerprint density at radius 3 is 2.74 bits per heavy atom. The van der Waals surface area contributed by atoms with Crippen LogP contribution in [-0.4, -0.2) is 53.1 Å². The van der Waals surface area contributed by atoms with Crippen LogP contribution in [0.15, 0.2) is 54.7 Å². The summed E-state index contributed by atoms with van der Waals surface area (Å²) in [7, 11) is 0. The van der Waals surface area contributed by atoms with Gasteiger partial charge in [0.1, 0.15) is 17.8 Å². The molecule has 9 heteroatoms. The topological polar surface area (TPSA) is 89.0 Å². The van der Waals surface area contributed by atoms with Crippen molar-refractivity contribution in [2.24, 2.45) is 0 Å². The van der Waals surface area contributed by atoms with Crippen molar-refractivity contribution in [3.05, 3.63) is 71.8 Å². The highest BCUT2D eigenvalue weighted by Gasteiger charge is 2.48. The Hall–Kier alpha value is -3.46. The molecule has 0 bridgehead atoms. The Morgan fingerprint density at radius 1 is 1.15 bits per heavy atom. The second kappa shape index (κ2) is 9.42. The average molecular weight is 466 g/mol. The van der Waals surface area contributed by atoms with E-state index in [4.69, 9.17) is 4.74 Å². The molecular weight excluding hydrogens is 440 g/mol. The summed E-state index contributed by atoms with van der Waals surface area (Å²) >= 11 is 0. The third kappa shape index (κ3) is 4.61. The van der Waals surface area contributed by atoms with E-state index in [9.17, 15) is 13.6 Å². The lowest BCUT2D eigenvalue weighted by molar-refractivity contribution is 0.0929. The molecular formula is C25H25F2N5O2. The second-order valence-corrected chi connectivity index (χ2v) is 8.89. The SMILES string of the molecule is O=C(N[C@H]1CCOC1)c1cccc(-c2ccc(NC[C@]3(c4ncccc4F)C[C@H](F)C3)nn2)c1. The van der Waals surface area contributed by atoms with Crippen molar-refractivity contribution in [1.82, 2.24) is 20.5 Å². The van der Waals surface area contributed by atoms with Gasteiger partial charge in [-0.25, -0.2) is 8.78 Å². The summed E-state index contributed by atoms with van der Waals surface area (Å²) in [6.07, 6.45) is 1.78. The maximum Gasteiger partial charge on any atom is 0.251 e. The first-order valence-corrected chi connectivity index (χ1v) is 11.3. The molecule has 1 amide bonds. The fourth-order valence-corrected chi connectivity index (χ4v) is 4.56. The van der Waals surface area contributed by atoms with Gasteiger partial charge in [0.25, 0.3) is 5.91 Å². The fourth-order valence-electron chi connectivity index (χ4n) is 4.56. The van der Waals surface area contributed by atoms with Crippen LogP contribution in [0.5, 0.6) is 0 Å². The summed E-state index contributed by atoms with van der Waals surface area (Å²) in [5.74, 6) is -0.0822. The number of rotatable bonds is 7. The summed E-state index contributed by atoms with van der Waals surface area (Å²) in [5, 5.41) is 14.6. The molecule has 34 heavy (non-hydrogen) atoms. The summed E-state index contributed by atoms with van der Waals surface area (Å²) in [4.78, 5) is 16.7. The number of pyridine rings is 1. The number of amides is 1. The van der Waals surface area contributed by atoms with Crippen molar-refractivity contribution in [2.75, 3.05) is 25.1 Å². The molecule has 1 aromatic carbocycles. The summed E-state index contributed by atoms with van der Waals surface area (Å²) in [6, 6.07) is 13.7. The van der Waals surface area contributed by atoms with Gasteiger partial charge in [-0.15, -0.1) is 10.2 Å². The molecule has 2 N–H and O–H groups in total. The predicted octanol–water partition coefficient (Wildman–Crippen LogP) is 3.68. The van der Waals surface area contributed by atoms with Crippen LogP contribution in [0.2, 0.25) is 0 Å². The van der Waals surface area contributed by atoms with Crippen molar-refractivity contribution in [3.63, 3.8) is 0 Å². The summed E-state index contributed by atoms with van der Waals surface area (Å²) in [6.45, 7) is 1.49. The van der Waals surface area contributed by atoms with E-state index in [0.717, 1.165) is 12.0 Å². The van der Waals surface area contributed by atoms with Gasteiger partial charge in [0, 0.05) is 35.9 Å². The normalized spacial score (nSPS) is 23.8. The zero-order chi connectivity index (χ0) is 23.5. The number of benzene rings is 1. The largest absolute Gasteiger partial charge is 0.379 e. The number of alkyl halides is 1. The van der Waals surface area contributed by atoms with Crippen molar-refractivity contribution in [1.29, 1.82) is 0 Å². The summed E-state index contributed by atoms with van der Waals surface area (Å²) in [5.41, 5.74) is 1.48. The van der Waals surface area contributed by atoms with Gasteiger partial charge >= 0.3 is 0 Å². The number of nitrogens with zero attached hydrogens (tertiary/aromatic N) is 3. The van der Waals surface area contributed by atoms with Crippen molar-refractivity contribution < 1.29 is 18.3 Å². The molecule has 1 saturated carbocycles. The van der Waals surface area contributed by atoms with Crippen LogP contribution >= 0.6 is 0 Å². The van der Waals surface area contributed by atoms with Gasteiger partial charge in [0.15, 0.2) is 0 Å². The minimum absolute atomic E-state index is 0.0347. The monoisotopic (exact) mass is 465 g/mol. The van der Waals surface area contributed by atoms with E-state index < -0.39 is 17.4 Å². The maximum atomic E-state index is 14.3. The van der Waals surface area contributed by atoms with Gasteiger partial charge in [-0.3, -0.25) is 9.78 Å². The number of halogens is 2. The quantitative estimate of drug-likeness (QED) is 0.554. The van der Waals surface area contributed by atoms with Crippen LogP contribution in [0, 0.1) is 5.82 Å². The molecule has 2 aromatic heterocycles. The lowest BCUT2D eigenvalue weighted by Gasteiger charge is -2.44. The van der Waals surface area contributed by atoms with Gasteiger partial charge in [-0.05, 0) is 55.7 Å². The van der Waals surface area contributed by atoms with E-state index in [-0.39, 0.29) is 30.5 Å². The van der Waals surface area contributed by atoms with Crippen LogP contribution in [0.25, 0.3) is 11.3 Å². The molecule has 1 atom stereocenters. The Balaban J connectivity index is 1.26. The van der Waals surface area contributed by atoms with E-state index in [1.807, 2.05) is 6.07 Å². The first kappa shape index (κ1) is 22.3. The standard InChI is InChI=1S/C25H25F2N5O2/c26-18-12-25(13-18,23-20(27)5-2-9-28-23)15-29-22-7-6-21(31-32-22)16-3-1-4-17(11-16)24(33)30-19-8-10-34-14-19/h1-7,9,11,18-19H,8,10,12-15H2,(H,29,32)(H,30,33)/t18-,19-,25-/m0/s1. The smallest absolute Gasteiger partial charge is 0.251 e. The van der Waals surface area contributed by atoms with Crippen LogP contribution in [0.3, 0.4) is 0 Å². The van der Waals surface area contributed by atoms with Crippen LogP contribution in [0.4, 0.5) is 14.6 Å². The van der Waals surface area contributed by atoms with E-state index in [0.29, 0.717) is 36.8 Å². The molecule has 1 aliphatic heterocycles. The van der Waals surface area contributed by atoms with Gasteiger partial charge < -0.3 is 15.4 Å². The number of hydrogen-bond acceptors (Lipinski definition) is 6. The first-order valence-electron chi connectivity index (χ1n) is 11.3. The lowest BCUT2D eigenvalue weighted by Crippen LogP contribution is -2.49. The molecule has 0 spiro atoms. The van der Waals surface area contributed by atoms with Gasteiger partial charge in [0.2, 0.25) is 0 Å². The van der Waals surface area contributed by atoms with Crippen molar-refractivity contribution in [2.45, 2.75) is 36.9 Å². The zero-order valence-corrected chi connectivity index (χ0v) is 18.5. The maximum absolute atomic E-state index is 14.3. The lowest BCUT2D eigenvalue weighted by atomic mass is 9.65. The third-order valence-corrected chi connectivity index (χ3v) is 6.44. The second-order valence-electron chi connectivity index (χ2n) is 8.89. The zero-order valence-electron chi connectivity index (χ0n) is 18.5. The molecule has 3 aromatic rings. The summed E-state index contributed by atoms with van der Waals surface area (Å²) < 4.78 is 33.4. The van der Waals surface area contributed by atoms with Crippen LogP contribution in [-0.2, 0) is 10.2 Å². The van der Waals surface area contributed by atoms with E-state index in [1.54, 1.807) is 30.3 Å². The molecule has 2 aliphatic rings. The Kier molecular flexibility index (Phi) is 6.19. The van der Waals surface area contributed by atoms with Crippen molar-refractivity contribution in [3.8, 4) is 11.3 Å². The minimum atomic E-state index is -0.970. The van der Waals surface area contributed by atoms with Gasteiger partial charge in [-0.2, -0.15) is 0 Å². The molecule has 5 rings (SSSR count). The van der Waals surface area contributed by atoms with E-state index in [1.165, 1.54) is 18.3 Å². The van der Waals surface area contributed by atoms with Gasteiger partial charge in [-0.1, -0.05) is 12.1 Å². The molecule has 3 heterocycles. The number of nitrogens with one attached hydrogen (secondary N) is 2. The number of carbonyl (C=O) groups excluding carboxylic acids is 1. The van der Waals surface area contributed by atoms with Gasteiger partial charge in [0.05, 0.1) is 24.0 Å². The highest BCUT2D eigenvalue weighted by atomic mass is 19.1. The number of aromatic nitrogens is 3. The first-order chi connectivity index (χ1) is 16.5. The minimum Gasteiger partial charge on any atom is -0.379 e. The Labute approximate surface area is 196 Å². The molecule has 1 aliphatic carbocycles. The number of anilines is 1. The van der Waals surface area contributed by atoms with E-state index in [2.05, 4.69) is 25.8 Å². The molecule has 7 nitrogen and oxygen atoms in total. The molecule has 0 unspecified atom stereocenters. The fraction of sp³-hybridized carbons (Fsp3) is 0.360. The number of ether oxygens (including phenoxy) is 1. The highest BCUT2D eigenvalue weighted by Crippen LogP contribution is 2.45. The van der Waals surface area contributed by atoms with Crippen molar-refractivity contribution >= 4 is 11.7 Å². The number of hydrogen-bond donors (Lipinski definition) is 2. The van der Waals surface area contributed by atoms with Crippen LogP contribution in [0.1, 0.15) is 35.3 Å².